The third-order valence-corrected chi connectivity index (χ3v) is 3.85. The van der Waals surface area contributed by atoms with Gasteiger partial charge in [-0.15, -0.1) is 0 Å². The van der Waals surface area contributed by atoms with Gasteiger partial charge in [0.25, 0.3) is 10.1 Å². The van der Waals surface area contributed by atoms with Crippen LogP contribution in [0, 0.1) is 0 Å². The molecule has 0 saturated carbocycles. The molecule has 110 valence electrons. The molecular weight excluding hydrogens is 255 g/mol. The van der Waals surface area contributed by atoms with Gasteiger partial charge in [-0.3, -0.25) is 4.55 Å². The summed E-state index contributed by atoms with van der Waals surface area (Å²) in [5.41, 5.74) is 0. The first kappa shape index (κ1) is 17.8. The lowest BCUT2D eigenvalue weighted by Gasteiger charge is -2.07. The molecule has 1 N–H and O–H groups in total. The third kappa shape index (κ3) is 13.9. The Labute approximate surface area is 111 Å². The topological polar surface area (TPSA) is 54.4 Å². The summed E-state index contributed by atoms with van der Waals surface area (Å²) >= 11 is 0. The van der Waals surface area contributed by atoms with E-state index in [1.165, 1.54) is 25.7 Å². The largest absolute Gasteiger partial charge is 0.286 e. The standard InChI is InChI=1S/C13H27FO3S/c1-2-3-4-5-6-7-8-10-13(14)11-9-12-18(15,16)17/h13H,2-12H2,1H3,(H,15,16,17). The molecule has 0 aliphatic rings. The molecule has 0 amide bonds. The fraction of sp³-hybridized carbons (Fsp3) is 1.00. The van der Waals surface area contributed by atoms with E-state index in [4.69, 9.17) is 4.55 Å². The zero-order chi connectivity index (χ0) is 13.9. The minimum Gasteiger partial charge on any atom is -0.286 e. The van der Waals surface area contributed by atoms with Gasteiger partial charge in [0.1, 0.15) is 6.17 Å². The fourth-order valence-corrected chi connectivity index (χ4v) is 2.49. The first-order chi connectivity index (χ1) is 8.45. The molecule has 0 heterocycles. The van der Waals surface area contributed by atoms with Crippen LogP contribution in [0.3, 0.4) is 0 Å². The Balaban J connectivity index is 3.29. The lowest BCUT2D eigenvalue weighted by Crippen LogP contribution is -2.07. The normalized spacial score (nSPS) is 13.7. The minimum atomic E-state index is -3.92. The maximum absolute atomic E-state index is 13.3. The van der Waals surface area contributed by atoms with E-state index in [9.17, 15) is 12.8 Å². The summed E-state index contributed by atoms with van der Waals surface area (Å²) in [5.74, 6) is -0.329. The van der Waals surface area contributed by atoms with E-state index < -0.39 is 16.3 Å². The van der Waals surface area contributed by atoms with Crippen LogP contribution in [-0.2, 0) is 10.1 Å². The third-order valence-electron chi connectivity index (χ3n) is 3.04. The highest BCUT2D eigenvalue weighted by atomic mass is 32.2. The van der Waals surface area contributed by atoms with Gasteiger partial charge in [0.15, 0.2) is 0 Å². The van der Waals surface area contributed by atoms with Gasteiger partial charge in [0, 0.05) is 0 Å². The number of unbranched alkanes of at least 4 members (excludes halogenated alkanes) is 6. The lowest BCUT2D eigenvalue weighted by molar-refractivity contribution is 0.285. The molecule has 0 aliphatic heterocycles. The van der Waals surface area contributed by atoms with Crippen molar-refractivity contribution >= 4 is 10.1 Å². The van der Waals surface area contributed by atoms with Gasteiger partial charge in [-0.25, -0.2) is 4.39 Å². The van der Waals surface area contributed by atoms with Crippen molar-refractivity contribution in [1.82, 2.24) is 0 Å². The fourth-order valence-electron chi connectivity index (χ4n) is 1.95. The summed E-state index contributed by atoms with van der Waals surface area (Å²) in [6.45, 7) is 2.18. The van der Waals surface area contributed by atoms with Crippen molar-refractivity contribution in [2.75, 3.05) is 5.75 Å². The Kier molecular flexibility index (Phi) is 10.6. The maximum atomic E-state index is 13.3. The summed E-state index contributed by atoms with van der Waals surface area (Å²) in [6.07, 6.45) is 8.13. The van der Waals surface area contributed by atoms with E-state index >= 15 is 0 Å². The van der Waals surface area contributed by atoms with Crippen LogP contribution in [-0.4, -0.2) is 24.9 Å². The molecule has 0 bridgehead atoms. The highest BCUT2D eigenvalue weighted by Gasteiger charge is 2.09. The molecule has 0 radical (unpaired) electrons. The molecule has 0 aromatic heterocycles. The molecule has 1 unspecified atom stereocenters. The van der Waals surface area contributed by atoms with Gasteiger partial charge < -0.3 is 0 Å². The molecule has 0 fully saturated rings. The van der Waals surface area contributed by atoms with Gasteiger partial charge >= 0.3 is 0 Å². The van der Waals surface area contributed by atoms with Crippen molar-refractivity contribution in [3.8, 4) is 0 Å². The van der Waals surface area contributed by atoms with Crippen LogP contribution in [0.5, 0.6) is 0 Å². The van der Waals surface area contributed by atoms with Crippen LogP contribution >= 0.6 is 0 Å². The summed E-state index contributed by atoms with van der Waals surface area (Å²) in [4.78, 5) is 0. The number of alkyl halides is 1. The summed E-state index contributed by atoms with van der Waals surface area (Å²) < 4.78 is 42.7. The Morgan fingerprint density at radius 1 is 0.944 bits per heavy atom. The quantitative estimate of drug-likeness (QED) is 0.432. The molecule has 0 spiro atoms. The first-order valence-electron chi connectivity index (χ1n) is 7.05. The molecule has 0 saturated heterocycles. The summed E-state index contributed by atoms with van der Waals surface area (Å²) in [6, 6.07) is 0. The Hall–Kier alpha value is -0.160. The van der Waals surface area contributed by atoms with Crippen LogP contribution in [0.4, 0.5) is 4.39 Å². The second kappa shape index (κ2) is 10.7. The minimum absolute atomic E-state index is 0.205. The number of hydrogen-bond acceptors (Lipinski definition) is 2. The zero-order valence-electron chi connectivity index (χ0n) is 11.4. The van der Waals surface area contributed by atoms with Gasteiger partial charge in [0.2, 0.25) is 0 Å². The van der Waals surface area contributed by atoms with E-state index in [-0.39, 0.29) is 18.6 Å². The molecule has 0 aromatic rings. The number of hydrogen-bond donors (Lipinski definition) is 1. The van der Waals surface area contributed by atoms with Crippen molar-refractivity contribution in [2.24, 2.45) is 0 Å². The van der Waals surface area contributed by atoms with E-state index in [2.05, 4.69) is 6.92 Å². The molecule has 0 aromatic carbocycles. The van der Waals surface area contributed by atoms with E-state index in [0.717, 1.165) is 19.3 Å². The molecule has 0 aliphatic carbocycles. The number of rotatable bonds is 12. The van der Waals surface area contributed by atoms with Crippen LogP contribution in [0.2, 0.25) is 0 Å². The predicted octanol–water partition coefficient (Wildman–Crippen LogP) is 4.13. The number of halogens is 1. The average molecular weight is 282 g/mol. The zero-order valence-corrected chi connectivity index (χ0v) is 12.2. The molecule has 3 nitrogen and oxygen atoms in total. The second-order valence-electron chi connectivity index (χ2n) is 4.94. The highest BCUT2D eigenvalue weighted by molar-refractivity contribution is 7.85. The summed E-state index contributed by atoms with van der Waals surface area (Å²) in [7, 11) is -3.92. The summed E-state index contributed by atoms with van der Waals surface area (Å²) in [5, 5.41) is 0. The lowest BCUT2D eigenvalue weighted by atomic mass is 10.1. The SMILES string of the molecule is CCCCCCCCCC(F)CCCS(=O)(=O)O. The van der Waals surface area contributed by atoms with Gasteiger partial charge in [0.05, 0.1) is 5.75 Å². The van der Waals surface area contributed by atoms with Crippen molar-refractivity contribution in [1.29, 1.82) is 0 Å². The van der Waals surface area contributed by atoms with E-state index in [0.29, 0.717) is 6.42 Å². The predicted molar refractivity (Wildman–Crippen MR) is 73.2 cm³/mol. The average Bonchev–Trinajstić information content (AvgIpc) is 2.26. The van der Waals surface area contributed by atoms with Crippen LogP contribution in [0.1, 0.15) is 71.1 Å². The van der Waals surface area contributed by atoms with Gasteiger partial charge in [-0.2, -0.15) is 8.42 Å². The monoisotopic (exact) mass is 282 g/mol. The maximum Gasteiger partial charge on any atom is 0.264 e. The Morgan fingerprint density at radius 2 is 1.44 bits per heavy atom. The highest BCUT2D eigenvalue weighted by Crippen LogP contribution is 2.14. The Bertz CT molecular complexity index is 278. The molecule has 0 rings (SSSR count). The smallest absolute Gasteiger partial charge is 0.264 e. The van der Waals surface area contributed by atoms with Crippen molar-refractivity contribution < 1.29 is 17.4 Å². The van der Waals surface area contributed by atoms with Crippen LogP contribution in [0.15, 0.2) is 0 Å². The van der Waals surface area contributed by atoms with Gasteiger partial charge in [-0.1, -0.05) is 51.9 Å². The van der Waals surface area contributed by atoms with Gasteiger partial charge in [-0.05, 0) is 19.3 Å². The first-order valence-corrected chi connectivity index (χ1v) is 8.66. The molecule has 18 heavy (non-hydrogen) atoms. The second-order valence-corrected chi connectivity index (χ2v) is 6.51. The molecule has 5 heteroatoms. The van der Waals surface area contributed by atoms with Crippen molar-refractivity contribution in [2.45, 2.75) is 77.3 Å². The molecular formula is C13H27FO3S. The van der Waals surface area contributed by atoms with Crippen molar-refractivity contribution in [3.63, 3.8) is 0 Å². The van der Waals surface area contributed by atoms with E-state index in [1.807, 2.05) is 0 Å². The van der Waals surface area contributed by atoms with Crippen molar-refractivity contribution in [3.05, 3.63) is 0 Å². The Morgan fingerprint density at radius 3 is 2.00 bits per heavy atom. The van der Waals surface area contributed by atoms with E-state index in [1.54, 1.807) is 0 Å². The van der Waals surface area contributed by atoms with Crippen LogP contribution < -0.4 is 0 Å². The van der Waals surface area contributed by atoms with Crippen LogP contribution in [0.25, 0.3) is 0 Å². The molecule has 1 atom stereocenters.